The smallest absolute Gasteiger partial charge is 0.341 e. The van der Waals surface area contributed by atoms with E-state index in [1.807, 2.05) is 0 Å². The third-order valence-electron chi connectivity index (χ3n) is 1.66. The summed E-state index contributed by atoms with van der Waals surface area (Å²) in [5, 5.41) is 8.37. The van der Waals surface area contributed by atoms with Crippen molar-refractivity contribution in [1.82, 2.24) is 0 Å². The number of benzene rings is 1. The van der Waals surface area contributed by atoms with Gasteiger partial charge in [0.2, 0.25) is 0 Å². The number of hydrogen-bond donors (Lipinski definition) is 1. The number of ether oxygens (including phenoxy) is 1. The first kappa shape index (κ1) is 12.4. The summed E-state index contributed by atoms with van der Waals surface area (Å²) < 4.78 is 40.1. The number of carbonyl (C=O) groups is 1. The lowest BCUT2D eigenvalue weighted by molar-refractivity contribution is -0.139. The second-order valence-electron chi connectivity index (χ2n) is 3.05. The van der Waals surface area contributed by atoms with Gasteiger partial charge in [0.15, 0.2) is 16.4 Å². The highest BCUT2D eigenvalue weighted by Gasteiger charge is 2.16. The maximum absolute atomic E-state index is 12.8. The molecule has 0 saturated heterocycles. The van der Waals surface area contributed by atoms with Gasteiger partial charge in [-0.15, -0.1) is 0 Å². The van der Waals surface area contributed by atoms with Crippen LogP contribution in [0.15, 0.2) is 23.1 Å². The minimum absolute atomic E-state index is 0.175. The number of carboxylic acids is 1. The zero-order valence-electron chi connectivity index (χ0n) is 8.31. The predicted molar refractivity (Wildman–Crippen MR) is 52.6 cm³/mol. The summed E-state index contributed by atoms with van der Waals surface area (Å²) in [6.45, 7) is -0.686. The molecular formula is C9H9FO5S. The standard InChI is InChI=1S/C9H9FO5S/c1-16(13,14)8-4-6(10)2-3-7(8)15-5-9(11)12/h2-4H,5H2,1H3,(H,11,12). The van der Waals surface area contributed by atoms with Crippen LogP contribution >= 0.6 is 0 Å². The lowest BCUT2D eigenvalue weighted by Gasteiger charge is -2.08. The third-order valence-corrected chi connectivity index (χ3v) is 2.77. The Labute approximate surface area is 91.4 Å². The van der Waals surface area contributed by atoms with Crippen LogP contribution < -0.4 is 4.74 Å². The number of halogens is 1. The molecule has 16 heavy (non-hydrogen) atoms. The molecule has 0 amide bonds. The van der Waals surface area contributed by atoms with Gasteiger partial charge in [0, 0.05) is 6.26 Å². The predicted octanol–water partition coefficient (Wildman–Crippen LogP) is 0.693. The molecule has 0 fully saturated rings. The molecule has 0 heterocycles. The van der Waals surface area contributed by atoms with Crippen LogP contribution in [0.2, 0.25) is 0 Å². The number of rotatable bonds is 4. The fraction of sp³-hybridized carbons (Fsp3) is 0.222. The molecule has 0 atom stereocenters. The molecule has 0 aliphatic heterocycles. The van der Waals surface area contributed by atoms with E-state index < -0.39 is 28.2 Å². The van der Waals surface area contributed by atoms with E-state index >= 15 is 0 Å². The second-order valence-corrected chi connectivity index (χ2v) is 5.03. The lowest BCUT2D eigenvalue weighted by Crippen LogP contribution is -2.11. The summed E-state index contributed by atoms with van der Waals surface area (Å²) in [4.78, 5) is 9.89. The Bertz CT molecular complexity index is 509. The van der Waals surface area contributed by atoms with E-state index in [0.717, 1.165) is 24.5 Å². The lowest BCUT2D eigenvalue weighted by atomic mass is 10.3. The maximum atomic E-state index is 12.8. The van der Waals surface area contributed by atoms with Crippen molar-refractivity contribution in [3.63, 3.8) is 0 Å². The van der Waals surface area contributed by atoms with Crippen LogP contribution in [0.5, 0.6) is 5.75 Å². The fourth-order valence-corrected chi connectivity index (χ4v) is 1.85. The van der Waals surface area contributed by atoms with Gasteiger partial charge >= 0.3 is 5.97 Å². The highest BCUT2D eigenvalue weighted by molar-refractivity contribution is 7.90. The minimum Gasteiger partial charge on any atom is -0.481 e. The molecule has 0 aliphatic rings. The average Bonchev–Trinajstić information content (AvgIpc) is 2.14. The van der Waals surface area contributed by atoms with Crippen molar-refractivity contribution >= 4 is 15.8 Å². The largest absolute Gasteiger partial charge is 0.481 e. The zero-order chi connectivity index (χ0) is 12.3. The molecule has 88 valence electrons. The molecule has 7 heteroatoms. The summed E-state index contributed by atoms with van der Waals surface area (Å²) in [5.74, 6) is -2.15. The van der Waals surface area contributed by atoms with Gasteiger partial charge in [-0.25, -0.2) is 17.6 Å². The Kier molecular flexibility index (Phi) is 3.48. The van der Waals surface area contributed by atoms with Crippen molar-refractivity contribution in [3.8, 4) is 5.75 Å². The van der Waals surface area contributed by atoms with Crippen molar-refractivity contribution in [2.45, 2.75) is 4.90 Å². The molecule has 1 aromatic rings. The summed E-state index contributed by atoms with van der Waals surface area (Å²) in [7, 11) is -3.66. The van der Waals surface area contributed by atoms with Crippen LogP contribution in [0.3, 0.4) is 0 Å². The van der Waals surface area contributed by atoms with Gasteiger partial charge in [-0.1, -0.05) is 0 Å². The Morgan fingerprint density at radius 1 is 1.50 bits per heavy atom. The quantitative estimate of drug-likeness (QED) is 0.848. The number of hydrogen-bond acceptors (Lipinski definition) is 4. The van der Waals surface area contributed by atoms with Gasteiger partial charge in [0.25, 0.3) is 0 Å². The van der Waals surface area contributed by atoms with Gasteiger partial charge in [0.1, 0.15) is 16.5 Å². The van der Waals surface area contributed by atoms with Crippen LogP contribution in [-0.2, 0) is 14.6 Å². The Hall–Kier alpha value is -1.63. The van der Waals surface area contributed by atoms with E-state index in [1.165, 1.54) is 0 Å². The Morgan fingerprint density at radius 3 is 2.62 bits per heavy atom. The van der Waals surface area contributed by atoms with Crippen LogP contribution in [0.4, 0.5) is 4.39 Å². The summed E-state index contributed by atoms with van der Waals surface area (Å²) in [5.41, 5.74) is 0. The van der Waals surface area contributed by atoms with Crippen molar-refractivity contribution in [1.29, 1.82) is 0 Å². The van der Waals surface area contributed by atoms with Gasteiger partial charge in [0.05, 0.1) is 0 Å². The van der Waals surface area contributed by atoms with Crippen LogP contribution in [0.25, 0.3) is 0 Å². The third kappa shape index (κ3) is 3.20. The molecule has 1 rings (SSSR count). The van der Waals surface area contributed by atoms with Gasteiger partial charge in [-0.2, -0.15) is 0 Å². The Balaban J connectivity index is 3.13. The first-order valence-electron chi connectivity index (χ1n) is 4.15. The molecule has 0 unspecified atom stereocenters. The van der Waals surface area contributed by atoms with E-state index in [0.29, 0.717) is 0 Å². The molecule has 0 spiro atoms. The molecule has 0 aliphatic carbocycles. The number of sulfone groups is 1. The maximum Gasteiger partial charge on any atom is 0.341 e. The van der Waals surface area contributed by atoms with Gasteiger partial charge < -0.3 is 9.84 Å². The minimum atomic E-state index is -3.66. The van der Waals surface area contributed by atoms with E-state index in [2.05, 4.69) is 0 Å². The van der Waals surface area contributed by atoms with E-state index in [-0.39, 0.29) is 10.6 Å². The molecule has 5 nitrogen and oxygen atoms in total. The second kappa shape index (κ2) is 4.48. The van der Waals surface area contributed by atoms with Crippen molar-refractivity contribution in [2.75, 3.05) is 12.9 Å². The highest BCUT2D eigenvalue weighted by atomic mass is 32.2. The van der Waals surface area contributed by atoms with Gasteiger partial charge in [-0.05, 0) is 18.2 Å². The summed E-state index contributed by atoms with van der Waals surface area (Å²) >= 11 is 0. The van der Waals surface area contributed by atoms with Crippen molar-refractivity contribution in [2.24, 2.45) is 0 Å². The monoisotopic (exact) mass is 248 g/mol. The van der Waals surface area contributed by atoms with E-state index in [4.69, 9.17) is 9.84 Å². The molecule has 1 aromatic carbocycles. The van der Waals surface area contributed by atoms with Gasteiger partial charge in [-0.3, -0.25) is 0 Å². The Morgan fingerprint density at radius 2 is 2.12 bits per heavy atom. The zero-order valence-corrected chi connectivity index (χ0v) is 9.12. The number of carboxylic acid groups (broad SMARTS) is 1. The average molecular weight is 248 g/mol. The number of aliphatic carboxylic acids is 1. The molecule has 0 saturated carbocycles. The molecule has 0 bridgehead atoms. The molecular weight excluding hydrogens is 239 g/mol. The topological polar surface area (TPSA) is 80.7 Å². The summed E-state index contributed by atoms with van der Waals surface area (Å²) in [6, 6.07) is 2.85. The molecule has 0 radical (unpaired) electrons. The normalized spacial score (nSPS) is 11.1. The van der Waals surface area contributed by atoms with Crippen LogP contribution in [0, 0.1) is 5.82 Å². The van der Waals surface area contributed by atoms with Crippen molar-refractivity contribution < 1.29 is 27.4 Å². The molecule has 1 N–H and O–H groups in total. The summed E-state index contributed by atoms with van der Waals surface area (Å²) in [6.07, 6.45) is 0.884. The SMILES string of the molecule is CS(=O)(=O)c1cc(F)ccc1OCC(=O)O. The van der Waals surface area contributed by atoms with E-state index in [1.54, 1.807) is 0 Å². The first-order chi connectivity index (χ1) is 7.30. The van der Waals surface area contributed by atoms with E-state index in [9.17, 15) is 17.6 Å². The first-order valence-corrected chi connectivity index (χ1v) is 6.04. The highest BCUT2D eigenvalue weighted by Crippen LogP contribution is 2.24. The van der Waals surface area contributed by atoms with Crippen LogP contribution in [-0.4, -0.2) is 32.4 Å². The fourth-order valence-electron chi connectivity index (χ4n) is 1.03. The van der Waals surface area contributed by atoms with Crippen molar-refractivity contribution in [3.05, 3.63) is 24.0 Å². The molecule has 0 aromatic heterocycles. The van der Waals surface area contributed by atoms with Crippen LogP contribution in [0.1, 0.15) is 0 Å².